The molecule has 1 aliphatic rings. The summed E-state index contributed by atoms with van der Waals surface area (Å²) in [5, 5.41) is 0. The van der Waals surface area contributed by atoms with E-state index in [1.165, 1.54) is 0 Å². The molecule has 1 fully saturated rings. The number of anilines is 4. The van der Waals surface area contributed by atoms with Gasteiger partial charge in [-0.15, -0.1) is 0 Å². The van der Waals surface area contributed by atoms with Crippen LogP contribution in [0.25, 0.3) is 0 Å². The number of aromatic nitrogens is 6. The quantitative estimate of drug-likeness (QED) is 0.439. The first-order valence-corrected chi connectivity index (χ1v) is 7.96. The molecule has 8 N–H and O–H groups in total. The largest absolute Gasteiger partial charge is 0.368 e. The van der Waals surface area contributed by atoms with Gasteiger partial charge in [-0.3, -0.25) is 0 Å². The summed E-state index contributed by atoms with van der Waals surface area (Å²) in [5.41, 5.74) is 22.2. The normalized spacial score (nSPS) is 14.2. The molecule has 3 rings (SSSR count). The highest BCUT2D eigenvalue weighted by Crippen LogP contribution is 2.11. The minimum absolute atomic E-state index is 0.0674. The number of nitrogens with two attached hydrogens (primary N) is 4. The van der Waals surface area contributed by atoms with Gasteiger partial charge in [-0.05, 0) is 0 Å². The molecule has 1 aliphatic heterocycles. The van der Waals surface area contributed by atoms with Crippen molar-refractivity contribution in [2.75, 3.05) is 49.1 Å². The lowest BCUT2D eigenvalue weighted by Crippen LogP contribution is -2.34. The summed E-state index contributed by atoms with van der Waals surface area (Å²) in [6.07, 6.45) is 0.883. The van der Waals surface area contributed by atoms with E-state index in [4.69, 9.17) is 22.9 Å². The topological polar surface area (TPSA) is 205 Å². The number of nitrogens with zero attached hydrogens (tertiary/aromatic N) is 8. The Kier molecular flexibility index (Phi) is 4.77. The third kappa shape index (κ3) is 4.12. The molecule has 1 saturated heterocycles. The van der Waals surface area contributed by atoms with Gasteiger partial charge in [0.25, 0.3) is 0 Å². The molecule has 2 amide bonds. The lowest BCUT2D eigenvalue weighted by Gasteiger charge is -2.18. The molecule has 13 nitrogen and oxygen atoms in total. The van der Waals surface area contributed by atoms with Crippen molar-refractivity contribution < 1.29 is 4.79 Å². The average molecular weight is 360 g/mol. The van der Waals surface area contributed by atoms with Crippen LogP contribution < -0.4 is 22.9 Å². The van der Waals surface area contributed by atoms with Gasteiger partial charge in [-0.2, -0.15) is 29.9 Å². The molecule has 0 atom stereocenters. The zero-order chi connectivity index (χ0) is 18.7. The summed E-state index contributed by atoms with van der Waals surface area (Å²) >= 11 is 0. The molecular formula is C13H20N12O. The molecule has 26 heavy (non-hydrogen) atoms. The van der Waals surface area contributed by atoms with Gasteiger partial charge in [-0.1, -0.05) is 0 Å². The van der Waals surface area contributed by atoms with E-state index in [2.05, 4.69) is 29.9 Å². The highest BCUT2D eigenvalue weighted by molar-refractivity contribution is 5.76. The average Bonchev–Trinajstić information content (AvgIpc) is 2.89. The summed E-state index contributed by atoms with van der Waals surface area (Å²) in [6, 6.07) is -0.0741. The smallest absolute Gasteiger partial charge is 0.320 e. The summed E-state index contributed by atoms with van der Waals surface area (Å²) in [6.45, 7) is 2.14. The van der Waals surface area contributed by atoms with Crippen LogP contribution in [0.5, 0.6) is 0 Å². The maximum absolute atomic E-state index is 12.5. The van der Waals surface area contributed by atoms with Crippen molar-refractivity contribution in [1.82, 2.24) is 39.7 Å². The minimum Gasteiger partial charge on any atom is -0.368 e. The molecule has 138 valence electrons. The van der Waals surface area contributed by atoms with Crippen LogP contribution in [0.3, 0.4) is 0 Å². The van der Waals surface area contributed by atoms with Crippen molar-refractivity contribution in [2.45, 2.75) is 12.8 Å². The second-order valence-electron chi connectivity index (χ2n) is 5.69. The molecule has 0 unspecified atom stereocenters. The van der Waals surface area contributed by atoms with Crippen LogP contribution in [0.1, 0.15) is 11.6 Å². The maximum Gasteiger partial charge on any atom is 0.320 e. The maximum atomic E-state index is 12.5. The summed E-state index contributed by atoms with van der Waals surface area (Å²) in [7, 11) is 0. The molecule has 13 heteroatoms. The Morgan fingerprint density at radius 1 is 0.654 bits per heavy atom. The van der Waals surface area contributed by atoms with E-state index < -0.39 is 0 Å². The van der Waals surface area contributed by atoms with Crippen molar-refractivity contribution in [3.63, 3.8) is 0 Å². The first-order valence-electron chi connectivity index (χ1n) is 7.96. The second kappa shape index (κ2) is 7.16. The Labute approximate surface area is 148 Å². The third-order valence-electron chi connectivity index (χ3n) is 3.82. The number of amides is 2. The fraction of sp³-hybridized carbons (Fsp3) is 0.462. The van der Waals surface area contributed by atoms with Gasteiger partial charge in [0.15, 0.2) is 0 Å². The SMILES string of the molecule is Nc1nc(N)nc(CCN2CCN(CCc3nc(N)nc(N)n3)C2=O)n1. The van der Waals surface area contributed by atoms with Gasteiger partial charge in [0.05, 0.1) is 0 Å². The van der Waals surface area contributed by atoms with Crippen molar-refractivity contribution in [3.8, 4) is 0 Å². The third-order valence-corrected chi connectivity index (χ3v) is 3.82. The van der Waals surface area contributed by atoms with Crippen molar-refractivity contribution in [3.05, 3.63) is 11.6 Å². The van der Waals surface area contributed by atoms with Gasteiger partial charge >= 0.3 is 6.03 Å². The summed E-state index contributed by atoms with van der Waals surface area (Å²) < 4.78 is 0. The molecule has 0 bridgehead atoms. The second-order valence-corrected chi connectivity index (χ2v) is 5.69. The van der Waals surface area contributed by atoms with Crippen LogP contribution in [-0.4, -0.2) is 71.9 Å². The number of carbonyl (C=O) groups excluding carboxylic acids is 1. The highest BCUT2D eigenvalue weighted by atomic mass is 16.2. The van der Waals surface area contributed by atoms with Crippen molar-refractivity contribution in [1.29, 1.82) is 0 Å². The van der Waals surface area contributed by atoms with E-state index in [0.717, 1.165) is 0 Å². The Balaban J connectivity index is 1.52. The van der Waals surface area contributed by atoms with E-state index in [1.54, 1.807) is 9.80 Å². The van der Waals surface area contributed by atoms with Crippen LogP contribution in [-0.2, 0) is 12.8 Å². The number of hydrogen-bond acceptors (Lipinski definition) is 11. The molecule has 0 aromatic carbocycles. The molecule has 0 saturated carbocycles. The Morgan fingerprint density at radius 3 is 1.35 bits per heavy atom. The van der Waals surface area contributed by atoms with Gasteiger partial charge < -0.3 is 32.7 Å². The van der Waals surface area contributed by atoms with Crippen LogP contribution in [0.15, 0.2) is 0 Å². The molecule has 2 aromatic heterocycles. The molecule has 2 aromatic rings. The van der Waals surface area contributed by atoms with E-state index in [-0.39, 0.29) is 29.8 Å². The lowest BCUT2D eigenvalue weighted by atomic mass is 10.3. The zero-order valence-electron chi connectivity index (χ0n) is 14.0. The minimum atomic E-state index is -0.0741. The van der Waals surface area contributed by atoms with Gasteiger partial charge in [0.2, 0.25) is 23.8 Å². The predicted molar refractivity (Wildman–Crippen MR) is 93.3 cm³/mol. The number of rotatable bonds is 6. The molecule has 3 heterocycles. The van der Waals surface area contributed by atoms with E-state index in [1.807, 2.05) is 0 Å². The van der Waals surface area contributed by atoms with Gasteiger partial charge in [-0.25, -0.2) is 4.79 Å². The first-order chi connectivity index (χ1) is 12.4. The number of hydrogen-bond donors (Lipinski definition) is 4. The van der Waals surface area contributed by atoms with Crippen LogP contribution in [0.4, 0.5) is 28.6 Å². The summed E-state index contributed by atoms with van der Waals surface area (Å²) in [5.74, 6) is 1.18. The van der Waals surface area contributed by atoms with Gasteiger partial charge in [0, 0.05) is 39.0 Å². The molecule has 0 aliphatic carbocycles. The van der Waals surface area contributed by atoms with Crippen LogP contribution in [0.2, 0.25) is 0 Å². The van der Waals surface area contributed by atoms with Crippen molar-refractivity contribution >= 4 is 29.8 Å². The fourth-order valence-corrected chi connectivity index (χ4v) is 2.65. The molecule has 0 radical (unpaired) electrons. The first kappa shape index (κ1) is 17.3. The number of urea groups is 1. The predicted octanol–water partition coefficient (Wildman–Crippen LogP) is -2.09. The monoisotopic (exact) mass is 360 g/mol. The van der Waals surface area contributed by atoms with Crippen LogP contribution >= 0.6 is 0 Å². The lowest BCUT2D eigenvalue weighted by molar-refractivity contribution is 0.192. The van der Waals surface area contributed by atoms with Gasteiger partial charge in [0.1, 0.15) is 11.6 Å². The van der Waals surface area contributed by atoms with E-state index in [9.17, 15) is 4.79 Å². The van der Waals surface area contributed by atoms with Crippen molar-refractivity contribution in [2.24, 2.45) is 0 Å². The van der Waals surface area contributed by atoms with E-state index >= 15 is 0 Å². The Bertz CT molecular complexity index is 706. The fourth-order valence-electron chi connectivity index (χ4n) is 2.65. The Morgan fingerprint density at radius 2 is 1.00 bits per heavy atom. The standard InChI is InChI=1S/C13H20N12O/c14-9-18-7(19-10(15)22-9)1-3-24-5-6-25(13(24)26)4-2-8-20-11(16)23-12(17)21-8/h1-6H2,(H4,14,15,18,19,22)(H4,16,17,20,21,23). The molecule has 0 spiro atoms. The van der Waals surface area contributed by atoms with Crippen LogP contribution in [0, 0.1) is 0 Å². The number of nitrogen functional groups attached to an aromatic ring is 4. The molecular weight excluding hydrogens is 340 g/mol. The summed E-state index contributed by atoms with van der Waals surface area (Å²) in [4.78, 5) is 39.4. The zero-order valence-corrected chi connectivity index (χ0v) is 14.0. The number of carbonyl (C=O) groups is 1. The highest BCUT2D eigenvalue weighted by Gasteiger charge is 2.28. The van der Waals surface area contributed by atoms with E-state index in [0.29, 0.717) is 50.7 Å². The Hall–Kier alpha value is -3.51.